The lowest BCUT2D eigenvalue weighted by Crippen LogP contribution is -2.34. The average Bonchev–Trinajstić information content (AvgIpc) is 3.28. The molecule has 7 heteroatoms. The van der Waals surface area contributed by atoms with Crippen LogP contribution in [0.4, 0.5) is 8.63 Å². The molecule has 4 nitrogen and oxygen atoms in total. The van der Waals surface area contributed by atoms with E-state index in [0.29, 0.717) is 11.4 Å². The molecule has 2 aliphatic rings. The molecule has 0 spiro atoms. The molecule has 0 unspecified atom stereocenters. The lowest BCUT2D eigenvalue weighted by molar-refractivity contribution is 0.171. The van der Waals surface area contributed by atoms with Crippen molar-refractivity contribution < 1.29 is 17.9 Å². The second-order valence-electron chi connectivity index (χ2n) is 8.55. The van der Waals surface area contributed by atoms with Gasteiger partial charge in [0.05, 0.1) is 5.69 Å². The number of nitrogens with zero attached hydrogens (tertiary/aromatic N) is 1. The topological polar surface area (TPSA) is 46.6 Å². The molecule has 0 saturated carbocycles. The maximum absolute atomic E-state index is 14.7. The number of aromatic nitrogens is 1. The molecule has 2 aromatic carbocycles. The Labute approximate surface area is 197 Å². The van der Waals surface area contributed by atoms with Crippen molar-refractivity contribution in [3.63, 3.8) is 0 Å². The third kappa shape index (κ3) is 3.77. The zero-order chi connectivity index (χ0) is 24.0. The van der Waals surface area contributed by atoms with Gasteiger partial charge in [-0.15, -0.1) is 0 Å². The van der Waals surface area contributed by atoms with Gasteiger partial charge in [0.25, 0.3) is 0 Å². The largest absolute Gasteiger partial charge is 0.726 e. The molecule has 3 aromatic rings. The van der Waals surface area contributed by atoms with Crippen LogP contribution in [0.1, 0.15) is 36.4 Å². The molecule has 2 aliphatic heterocycles. The summed E-state index contributed by atoms with van der Waals surface area (Å²) < 4.78 is 39.5. The fraction of sp³-hybridized carbons (Fsp3) is 0.148. The number of nitrogens with one attached hydrogen (secondary N) is 1. The van der Waals surface area contributed by atoms with Crippen LogP contribution in [0, 0.1) is 13.8 Å². The molecule has 0 fully saturated rings. The number of aryl methyl sites for hydroxylation is 1. The standard InChI is InChI=1S/C27H24BF2N2O2/c1-16-24(20-11-7-5-8-12-20)18(3)31-26(16)22-15-23(34-28(29,30)33-22)27-17(2)25(19(4)32-27)21-13-9-6-10-14-21/h5-15,31H,1-4H3/q-1/b27-23-. The predicted octanol–water partition coefficient (Wildman–Crippen LogP) is 7.22. The molecule has 1 aromatic heterocycles. The molecule has 1 N–H and O–H groups in total. The molecule has 5 rings (SSSR count). The second kappa shape index (κ2) is 8.17. The first-order chi connectivity index (χ1) is 16.2. The number of aliphatic imine (C=N–C) groups is 1. The molecule has 0 aliphatic carbocycles. The zero-order valence-electron chi connectivity index (χ0n) is 19.4. The first kappa shape index (κ1) is 22.0. The maximum Gasteiger partial charge on any atom is 0.726 e. The maximum atomic E-state index is 14.7. The second-order valence-corrected chi connectivity index (χ2v) is 8.55. The van der Waals surface area contributed by atoms with E-state index in [2.05, 4.69) is 9.98 Å². The van der Waals surface area contributed by atoms with Gasteiger partial charge in [-0.1, -0.05) is 60.7 Å². The number of benzene rings is 2. The van der Waals surface area contributed by atoms with E-state index < -0.39 is 7.11 Å². The molecule has 3 heterocycles. The van der Waals surface area contributed by atoms with Gasteiger partial charge in [0.15, 0.2) is 0 Å². The van der Waals surface area contributed by atoms with Crippen molar-refractivity contribution in [2.75, 3.05) is 0 Å². The van der Waals surface area contributed by atoms with E-state index in [4.69, 9.17) is 9.31 Å². The third-order valence-corrected chi connectivity index (χ3v) is 6.20. The van der Waals surface area contributed by atoms with E-state index in [0.717, 1.165) is 44.8 Å². The number of H-pyrrole nitrogens is 1. The molecule has 0 atom stereocenters. The van der Waals surface area contributed by atoms with Gasteiger partial charge in [-0.25, -0.2) is 4.99 Å². The fourth-order valence-corrected chi connectivity index (χ4v) is 4.76. The molecular formula is C27H24BF2N2O2-. The van der Waals surface area contributed by atoms with Crippen LogP contribution in [0.25, 0.3) is 22.5 Å². The van der Waals surface area contributed by atoms with Gasteiger partial charge >= 0.3 is 7.11 Å². The Balaban J connectivity index is 1.64. The fourth-order valence-electron chi connectivity index (χ4n) is 4.76. The van der Waals surface area contributed by atoms with Gasteiger partial charge in [0.1, 0.15) is 17.2 Å². The zero-order valence-corrected chi connectivity index (χ0v) is 19.4. The van der Waals surface area contributed by atoms with Crippen molar-refractivity contribution in [1.82, 2.24) is 4.98 Å². The van der Waals surface area contributed by atoms with Crippen molar-refractivity contribution in [2.24, 2.45) is 4.99 Å². The Morgan fingerprint density at radius 3 is 2.09 bits per heavy atom. The Hall–Kier alpha value is -3.87. The monoisotopic (exact) mass is 457 g/mol. The van der Waals surface area contributed by atoms with Crippen LogP contribution >= 0.6 is 0 Å². The number of aromatic amines is 1. The average molecular weight is 457 g/mol. The highest BCUT2D eigenvalue weighted by Crippen LogP contribution is 2.41. The number of hydrogen-bond donors (Lipinski definition) is 1. The number of hydrogen-bond acceptors (Lipinski definition) is 3. The van der Waals surface area contributed by atoms with Crippen LogP contribution in [-0.4, -0.2) is 17.8 Å². The van der Waals surface area contributed by atoms with Gasteiger partial charge in [-0.3, -0.25) is 0 Å². The molecular weight excluding hydrogens is 433 g/mol. The first-order valence-corrected chi connectivity index (χ1v) is 11.2. The lowest BCUT2D eigenvalue weighted by atomic mass is 9.97. The Morgan fingerprint density at radius 2 is 1.44 bits per heavy atom. The summed E-state index contributed by atoms with van der Waals surface area (Å²) in [5, 5.41) is 0. The highest BCUT2D eigenvalue weighted by molar-refractivity contribution is 6.53. The molecule has 0 bridgehead atoms. The molecule has 0 saturated heterocycles. The summed E-state index contributed by atoms with van der Waals surface area (Å²) in [4.78, 5) is 7.84. The van der Waals surface area contributed by atoms with Crippen molar-refractivity contribution in [1.29, 1.82) is 0 Å². The lowest BCUT2D eigenvalue weighted by Gasteiger charge is -2.35. The summed E-state index contributed by atoms with van der Waals surface area (Å²) in [7, 11) is -4.57. The minimum absolute atomic E-state index is 0.00180. The Bertz CT molecular complexity index is 1400. The number of allylic oxidation sites excluding steroid dienone is 3. The highest BCUT2D eigenvalue weighted by Gasteiger charge is 2.40. The number of halogens is 2. The quantitative estimate of drug-likeness (QED) is 0.422. The summed E-state index contributed by atoms with van der Waals surface area (Å²) in [6.45, 7) is 7.57. The predicted molar refractivity (Wildman–Crippen MR) is 133 cm³/mol. The van der Waals surface area contributed by atoms with Crippen LogP contribution in [-0.2, 0) is 9.31 Å². The van der Waals surface area contributed by atoms with E-state index in [-0.39, 0.29) is 11.5 Å². The summed E-state index contributed by atoms with van der Waals surface area (Å²) >= 11 is 0. The van der Waals surface area contributed by atoms with E-state index in [9.17, 15) is 8.63 Å². The van der Waals surface area contributed by atoms with Gasteiger partial charge < -0.3 is 22.9 Å². The normalized spacial score (nSPS) is 19.5. The van der Waals surface area contributed by atoms with E-state index in [1.54, 1.807) is 0 Å². The van der Waals surface area contributed by atoms with Crippen molar-refractivity contribution in [3.05, 3.63) is 106 Å². The van der Waals surface area contributed by atoms with E-state index in [1.165, 1.54) is 6.08 Å². The summed E-state index contributed by atoms with van der Waals surface area (Å²) in [5.41, 5.74) is 8.01. The van der Waals surface area contributed by atoms with Gasteiger partial charge in [0, 0.05) is 28.6 Å². The van der Waals surface area contributed by atoms with Crippen LogP contribution < -0.4 is 0 Å². The SMILES string of the molecule is CC1=N/C(=C2/C=C(c3[nH]c(C)c(-c4ccccc4)c3C)O[B-](F)(F)O2)C(C)=C1c1ccccc1. The minimum Gasteiger partial charge on any atom is -0.626 e. The van der Waals surface area contributed by atoms with Crippen LogP contribution in [0.2, 0.25) is 0 Å². The molecule has 0 radical (unpaired) electrons. The summed E-state index contributed by atoms with van der Waals surface area (Å²) in [5.74, 6) is 0.0392. The van der Waals surface area contributed by atoms with E-state index >= 15 is 0 Å². The number of rotatable bonds is 3. The van der Waals surface area contributed by atoms with Crippen LogP contribution in [0.15, 0.2) is 88.8 Å². The summed E-state index contributed by atoms with van der Waals surface area (Å²) in [6.07, 6.45) is 1.51. The first-order valence-electron chi connectivity index (χ1n) is 11.2. The van der Waals surface area contributed by atoms with Crippen LogP contribution in [0.3, 0.4) is 0 Å². The van der Waals surface area contributed by atoms with E-state index in [1.807, 2.05) is 88.4 Å². The minimum atomic E-state index is -4.57. The van der Waals surface area contributed by atoms with Crippen LogP contribution in [0.5, 0.6) is 0 Å². The van der Waals surface area contributed by atoms with Crippen molar-refractivity contribution in [3.8, 4) is 11.1 Å². The van der Waals surface area contributed by atoms with Gasteiger partial charge in [0.2, 0.25) is 0 Å². The molecule has 0 amide bonds. The van der Waals surface area contributed by atoms with Gasteiger partial charge in [-0.05, 0) is 50.0 Å². The highest BCUT2D eigenvalue weighted by atomic mass is 19.3. The smallest absolute Gasteiger partial charge is 0.626 e. The van der Waals surface area contributed by atoms with Gasteiger partial charge in [-0.2, -0.15) is 0 Å². The van der Waals surface area contributed by atoms with Crippen molar-refractivity contribution >= 4 is 24.1 Å². The molecule has 34 heavy (non-hydrogen) atoms. The Kier molecular flexibility index (Phi) is 5.27. The summed E-state index contributed by atoms with van der Waals surface area (Å²) in [6, 6.07) is 19.6. The third-order valence-electron chi connectivity index (χ3n) is 6.20. The molecule has 172 valence electrons. The van der Waals surface area contributed by atoms with Crippen molar-refractivity contribution in [2.45, 2.75) is 27.7 Å². The Morgan fingerprint density at radius 1 is 0.824 bits per heavy atom.